The zero-order valence-electron chi connectivity index (χ0n) is 18.1. The molecular weight excluding hydrogens is 348 g/mol. The Morgan fingerprint density at radius 3 is 2.54 bits per heavy atom. The van der Waals surface area contributed by atoms with Crippen LogP contribution in [0.2, 0.25) is 0 Å². The molecule has 1 aliphatic heterocycles. The van der Waals surface area contributed by atoms with Gasteiger partial charge in [-0.2, -0.15) is 0 Å². The number of nitrogens with two attached hydrogens (primary N) is 1. The SMILES string of the molecule is CC(C)CCCCOc1ccc(/N=C(\NCCCN)N2CCC(C)CC2)cc1. The second-order valence-electron chi connectivity index (χ2n) is 8.41. The van der Waals surface area contributed by atoms with Gasteiger partial charge in [0.2, 0.25) is 0 Å². The van der Waals surface area contributed by atoms with Crippen LogP contribution in [0.25, 0.3) is 0 Å². The zero-order chi connectivity index (χ0) is 20.2. The van der Waals surface area contributed by atoms with E-state index < -0.39 is 0 Å². The van der Waals surface area contributed by atoms with Crippen LogP contribution in [-0.2, 0) is 0 Å². The van der Waals surface area contributed by atoms with Crippen LogP contribution in [-0.4, -0.2) is 43.6 Å². The quantitative estimate of drug-likeness (QED) is 0.351. The predicted molar refractivity (Wildman–Crippen MR) is 119 cm³/mol. The van der Waals surface area contributed by atoms with E-state index in [4.69, 9.17) is 15.5 Å². The van der Waals surface area contributed by atoms with Crippen molar-refractivity contribution >= 4 is 11.6 Å². The third kappa shape index (κ3) is 8.51. The second-order valence-corrected chi connectivity index (χ2v) is 8.41. The number of nitrogens with one attached hydrogen (secondary N) is 1. The molecule has 1 aliphatic rings. The van der Waals surface area contributed by atoms with Crippen LogP contribution in [0, 0.1) is 11.8 Å². The third-order valence-corrected chi connectivity index (χ3v) is 5.26. The molecule has 1 saturated heterocycles. The number of unbranched alkanes of at least 4 members (excludes halogenated alkanes) is 1. The van der Waals surface area contributed by atoms with E-state index in [2.05, 4.69) is 31.0 Å². The first kappa shape index (κ1) is 22.5. The molecule has 5 heteroatoms. The van der Waals surface area contributed by atoms with Crippen molar-refractivity contribution in [3.63, 3.8) is 0 Å². The summed E-state index contributed by atoms with van der Waals surface area (Å²) >= 11 is 0. The Labute approximate surface area is 171 Å². The van der Waals surface area contributed by atoms with Crippen molar-refractivity contribution in [1.82, 2.24) is 10.2 Å². The highest BCUT2D eigenvalue weighted by molar-refractivity contribution is 5.82. The number of guanidine groups is 1. The van der Waals surface area contributed by atoms with Gasteiger partial charge in [0, 0.05) is 19.6 Å². The molecule has 0 radical (unpaired) electrons. The molecule has 1 aromatic rings. The summed E-state index contributed by atoms with van der Waals surface area (Å²) in [4.78, 5) is 7.26. The van der Waals surface area contributed by atoms with Gasteiger partial charge in [-0.25, -0.2) is 4.99 Å². The molecule has 0 bridgehead atoms. The first-order valence-corrected chi connectivity index (χ1v) is 11.1. The number of hydrogen-bond donors (Lipinski definition) is 2. The highest BCUT2D eigenvalue weighted by atomic mass is 16.5. The van der Waals surface area contributed by atoms with Gasteiger partial charge in [0.1, 0.15) is 5.75 Å². The number of nitrogens with zero attached hydrogens (tertiary/aromatic N) is 2. The summed E-state index contributed by atoms with van der Waals surface area (Å²) in [5.41, 5.74) is 6.61. The van der Waals surface area contributed by atoms with E-state index in [1.165, 1.54) is 25.7 Å². The lowest BCUT2D eigenvalue weighted by molar-refractivity contribution is 0.274. The lowest BCUT2D eigenvalue weighted by Crippen LogP contribution is -2.45. The number of likely N-dealkylation sites (tertiary alicyclic amines) is 1. The topological polar surface area (TPSA) is 62.9 Å². The smallest absolute Gasteiger partial charge is 0.199 e. The molecule has 1 fully saturated rings. The van der Waals surface area contributed by atoms with Crippen LogP contribution in [0.1, 0.15) is 59.3 Å². The van der Waals surface area contributed by atoms with Crippen molar-refractivity contribution in [2.75, 3.05) is 32.8 Å². The minimum absolute atomic E-state index is 0.695. The van der Waals surface area contributed by atoms with E-state index in [-0.39, 0.29) is 0 Å². The molecule has 3 N–H and O–H groups in total. The standard InChI is InChI=1S/C23H40N4O/c1-19(2)7-4-5-18-28-22-10-8-21(9-11-22)26-23(25-15-6-14-24)27-16-12-20(3)13-17-27/h8-11,19-20H,4-7,12-18,24H2,1-3H3,(H,25,26). The number of rotatable bonds is 10. The molecule has 0 unspecified atom stereocenters. The Hall–Kier alpha value is -1.75. The van der Waals surface area contributed by atoms with Gasteiger partial charge < -0.3 is 20.7 Å². The van der Waals surface area contributed by atoms with Crippen LogP contribution in [0.4, 0.5) is 5.69 Å². The molecule has 1 heterocycles. The summed E-state index contributed by atoms with van der Waals surface area (Å²) in [7, 11) is 0. The van der Waals surface area contributed by atoms with Crippen molar-refractivity contribution in [2.24, 2.45) is 22.6 Å². The van der Waals surface area contributed by atoms with Gasteiger partial charge in [0.25, 0.3) is 0 Å². The molecule has 0 aliphatic carbocycles. The maximum atomic E-state index is 5.87. The van der Waals surface area contributed by atoms with E-state index >= 15 is 0 Å². The normalized spacial score (nSPS) is 15.9. The average Bonchev–Trinajstić information content (AvgIpc) is 2.69. The van der Waals surface area contributed by atoms with Gasteiger partial charge in [-0.1, -0.05) is 27.2 Å². The van der Waals surface area contributed by atoms with E-state index in [9.17, 15) is 0 Å². The molecular formula is C23H40N4O. The second kappa shape index (κ2) is 12.7. The maximum Gasteiger partial charge on any atom is 0.199 e. The molecule has 2 rings (SSSR count). The summed E-state index contributed by atoms with van der Waals surface area (Å²) in [6, 6.07) is 8.13. The van der Waals surface area contributed by atoms with Gasteiger partial charge in [0.15, 0.2) is 5.96 Å². The zero-order valence-corrected chi connectivity index (χ0v) is 18.1. The van der Waals surface area contributed by atoms with Crippen molar-refractivity contribution in [2.45, 2.75) is 59.3 Å². The van der Waals surface area contributed by atoms with Crippen molar-refractivity contribution in [3.05, 3.63) is 24.3 Å². The molecule has 0 spiro atoms. The lowest BCUT2D eigenvalue weighted by atomic mass is 9.99. The molecule has 1 aromatic carbocycles. The molecule has 28 heavy (non-hydrogen) atoms. The summed E-state index contributed by atoms with van der Waals surface area (Å²) < 4.78 is 5.87. The third-order valence-electron chi connectivity index (χ3n) is 5.26. The fraction of sp³-hybridized carbons (Fsp3) is 0.696. The first-order chi connectivity index (χ1) is 13.6. The number of benzene rings is 1. The molecule has 5 nitrogen and oxygen atoms in total. The van der Waals surface area contributed by atoms with Crippen molar-refractivity contribution in [1.29, 1.82) is 0 Å². The van der Waals surface area contributed by atoms with Gasteiger partial charge >= 0.3 is 0 Å². The van der Waals surface area contributed by atoms with Crippen LogP contribution in [0.3, 0.4) is 0 Å². The predicted octanol–water partition coefficient (Wildman–Crippen LogP) is 4.55. The average molecular weight is 389 g/mol. The number of aliphatic imine (C=N–C) groups is 1. The van der Waals surface area contributed by atoms with Gasteiger partial charge in [-0.05, 0) is 74.8 Å². The van der Waals surface area contributed by atoms with E-state index in [0.717, 1.165) is 68.3 Å². The Balaban J connectivity index is 1.90. The number of hydrogen-bond acceptors (Lipinski definition) is 3. The van der Waals surface area contributed by atoms with Crippen molar-refractivity contribution in [3.8, 4) is 5.75 Å². The molecule has 0 saturated carbocycles. The Morgan fingerprint density at radius 2 is 1.89 bits per heavy atom. The van der Waals surface area contributed by atoms with Crippen LogP contribution in [0.15, 0.2) is 29.3 Å². The van der Waals surface area contributed by atoms with E-state index in [1.54, 1.807) is 0 Å². The maximum absolute atomic E-state index is 5.87. The monoisotopic (exact) mass is 388 g/mol. The van der Waals surface area contributed by atoms with Gasteiger partial charge in [-0.15, -0.1) is 0 Å². The summed E-state index contributed by atoms with van der Waals surface area (Å²) in [6.45, 7) is 11.3. The molecule has 0 amide bonds. The minimum Gasteiger partial charge on any atom is -0.494 e. The molecule has 0 aromatic heterocycles. The Kier molecular flexibility index (Phi) is 10.2. The Morgan fingerprint density at radius 1 is 1.18 bits per heavy atom. The van der Waals surface area contributed by atoms with E-state index in [0.29, 0.717) is 6.54 Å². The Bertz CT molecular complexity index is 562. The molecule has 0 atom stereocenters. The summed E-state index contributed by atoms with van der Waals surface area (Å²) in [5, 5.41) is 3.49. The van der Waals surface area contributed by atoms with Crippen molar-refractivity contribution < 1.29 is 4.74 Å². The molecule has 158 valence electrons. The fourth-order valence-corrected chi connectivity index (χ4v) is 3.33. The van der Waals surface area contributed by atoms with Crippen LogP contribution >= 0.6 is 0 Å². The van der Waals surface area contributed by atoms with Crippen LogP contribution < -0.4 is 15.8 Å². The highest BCUT2D eigenvalue weighted by Gasteiger charge is 2.18. The highest BCUT2D eigenvalue weighted by Crippen LogP contribution is 2.21. The number of piperidine rings is 1. The summed E-state index contributed by atoms with van der Waals surface area (Å²) in [5.74, 6) is 3.47. The summed E-state index contributed by atoms with van der Waals surface area (Å²) in [6.07, 6.45) is 7.01. The first-order valence-electron chi connectivity index (χ1n) is 11.1. The minimum atomic E-state index is 0.695. The lowest BCUT2D eigenvalue weighted by Gasteiger charge is -2.33. The largest absolute Gasteiger partial charge is 0.494 e. The van der Waals surface area contributed by atoms with E-state index in [1.807, 2.05) is 24.3 Å². The van der Waals surface area contributed by atoms with Crippen LogP contribution in [0.5, 0.6) is 5.75 Å². The number of ether oxygens (including phenoxy) is 1. The fourth-order valence-electron chi connectivity index (χ4n) is 3.33. The van der Waals surface area contributed by atoms with Gasteiger partial charge in [0.05, 0.1) is 12.3 Å². The van der Waals surface area contributed by atoms with Gasteiger partial charge in [-0.3, -0.25) is 0 Å².